The quantitative estimate of drug-likeness (QED) is 0.0449. The minimum atomic E-state index is -0.938. The first kappa shape index (κ1) is 51.8. The van der Waals surface area contributed by atoms with E-state index in [9.17, 15) is 4.79 Å². The maximum atomic E-state index is 12.7. The van der Waals surface area contributed by atoms with Crippen molar-refractivity contribution in [3.63, 3.8) is 0 Å². The lowest BCUT2D eigenvalue weighted by Gasteiger charge is -2.27. The molecule has 1 aliphatic carbocycles. The van der Waals surface area contributed by atoms with Crippen LogP contribution in [0.15, 0.2) is 11.5 Å². The predicted molar refractivity (Wildman–Crippen MR) is 240 cm³/mol. The van der Waals surface area contributed by atoms with Crippen LogP contribution >= 0.6 is 0 Å². The van der Waals surface area contributed by atoms with E-state index < -0.39 is 11.9 Å². The molecule has 1 unspecified atom stereocenters. The van der Waals surface area contributed by atoms with Crippen molar-refractivity contribution in [3.05, 3.63) is 11.5 Å². The summed E-state index contributed by atoms with van der Waals surface area (Å²) in [7, 11) is 3.93. The molecule has 1 aliphatic heterocycles. The van der Waals surface area contributed by atoms with Gasteiger partial charge in [0.15, 0.2) is 17.1 Å². The van der Waals surface area contributed by atoms with Gasteiger partial charge < -0.3 is 28.6 Å². The van der Waals surface area contributed by atoms with E-state index in [0.29, 0.717) is 37.7 Å². The molecule has 1 fully saturated rings. The highest BCUT2D eigenvalue weighted by Gasteiger charge is 2.50. The van der Waals surface area contributed by atoms with E-state index in [1.165, 1.54) is 180 Å². The minimum Gasteiger partial charge on any atom is -0.491 e. The molecule has 2 atom stereocenters. The van der Waals surface area contributed by atoms with Crippen LogP contribution in [0.4, 0.5) is 0 Å². The van der Waals surface area contributed by atoms with Gasteiger partial charge in [-0.2, -0.15) is 0 Å². The molecule has 0 aromatic rings. The smallest absolute Gasteiger partial charge is 0.307 e. The van der Waals surface area contributed by atoms with Gasteiger partial charge in [0.05, 0.1) is 25.7 Å². The number of esters is 1. The number of hydrogen-bond acceptors (Lipinski definition) is 7. The number of rotatable bonds is 43. The van der Waals surface area contributed by atoms with Crippen LogP contribution in [-0.2, 0) is 28.5 Å². The molecule has 57 heavy (non-hydrogen) atoms. The van der Waals surface area contributed by atoms with E-state index in [-0.39, 0.29) is 18.7 Å². The average molecular weight is 806 g/mol. The molecule has 2 rings (SSSR count). The largest absolute Gasteiger partial charge is 0.491 e. The molecule has 1 heterocycles. The molecule has 2 aliphatic rings. The Labute approximate surface area is 353 Å². The maximum Gasteiger partial charge on any atom is 0.307 e. The Hall–Kier alpha value is -1.31. The fourth-order valence-corrected chi connectivity index (χ4v) is 7.90. The van der Waals surface area contributed by atoms with Crippen molar-refractivity contribution >= 4 is 5.97 Å². The van der Waals surface area contributed by atoms with Crippen molar-refractivity contribution in [1.29, 1.82) is 0 Å². The summed E-state index contributed by atoms with van der Waals surface area (Å²) in [6, 6.07) is 0. The highest BCUT2D eigenvalue weighted by atomic mass is 16.7. The Bertz CT molecular complexity index is 966. The van der Waals surface area contributed by atoms with E-state index in [0.717, 1.165) is 38.5 Å². The Balaban J connectivity index is 1.72. The third-order valence-electron chi connectivity index (χ3n) is 11.9. The molecule has 7 nitrogen and oxygen atoms in total. The highest BCUT2D eigenvalue weighted by Crippen LogP contribution is 2.41. The van der Waals surface area contributed by atoms with Crippen LogP contribution in [0, 0.1) is 0 Å². The van der Waals surface area contributed by atoms with Gasteiger partial charge in [0.1, 0.15) is 6.61 Å². The van der Waals surface area contributed by atoms with E-state index in [4.69, 9.17) is 23.7 Å². The molecule has 0 saturated heterocycles. The van der Waals surface area contributed by atoms with Crippen molar-refractivity contribution in [2.45, 2.75) is 263 Å². The maximum absolute atomic E-state index is 12.7. The molecule has 0 aromatic carbocycles. The summed E-state index contributed by atoms with van der Waals surface area (Å²) in [6.07, 6.45) is 45.0. The number of carbonyl (C=O) groups excluding carboxylic acids is 1. The van der Waals surface area contributed by atoms with E-state index in [1.807, 2.05) is 25.9 Å². The van der Waals surface area contributed by atoms with Crippen molar-refractivity contribution < 1.29 is 28.5 Å². The van der Waals surface area contributed by atoms with E-state index in [2.05, 4.69) is 13.8 Å². The molecule has 0 spiro atoms. The van der Waals surface area contributed by atoms with Crippen LogP contribution in [0.2, 0.25) is 0 Å². The molecule has 0 radical (unpaired) electrons. The number of carbonyl (C=O) groups is 1. The van der Waals surface area contributed by atoms with Crippen molar-refractivity contribution in [2.75, 3.05) is 40.5 Å². The second kappa shape index (κ2) is 35.4. The second-order valence-corrected chi connectivity index (χ2v) is 18.2. The average Bonchev–Trinajstić information content (AvgIpc) is 3.98. The molecule has 0 bridgehead atoms. The normalized spacial score (nSPS) is 18.2. The molecule has 0 N–H and O–H groups in total. The van der Waals surface area contributed by atoms with Gasteiger partial charge in [-0.15, -0.1) is 0 Å². The fourth-order valence-electron chi connectivity index (χ4n) is 7.90. The molecular formula is C50H95NO6. The Kier molecular flexibility index (Phi) is 32.2. The standard InChI is InChI=1S/C50H95NO6/c1-6-8-10-12-14-16-18-20-22-24-26-28-30-32-34-36-42-53-47-48(50(3,57-49(47)56-45-38-39-45)44-55-46(52)40-41-51(4)5)54-43-37-35-33-31-29-27-25-23-21-19-17-15-13-11-9-7-2/h45,49H,6-44H2,1-5H3/t49-,50?/m1/s1. The van der Waals surface area contributed by atoms with Gasteiger partial charge in [0.2, 0.25) is 6.29 Å². The van der Waals surface area contributed by atoms with E-state index >= 15 is 0 Å². The lowest BCUT2D eigenvalue weighted by atomic mass is 10.0. The Morgan fingerprint density at radius 1 is 0.579 bits per heavy atom. The molecular weight excluding hydrogens is 711 g/mol. The van der Waals surface area contributed by atoms with Gasteiger partial charge >= 0.3 is 5.97 Å². The predicted octanol–water partition coefficient (Wildman–Crippen LogP) is 14.5. The van der Waals surface area contributed by atoms with Gasteiger partial charge in [-0.3, -0.25) is 4.79 Å². The first-order valence-corrected chi connectivity index (χ1v) is 25.0. The zero-order valence-electron chi connectivity index (χ0n) is 38.6. The van der Waals surface area contributed by atoms with Crippen molar-refractivity contribution in [3.8, 4) is 0 Å². The zero-order valence-corrected chi connectivity index (χ0v) is 38.6. The zero-order chi connectivity index (χ0) is 41.1. The molecule has 336 valence electrons. The summed E-state index contributed by atoms with van der Waals surface area (Å²) < 4.78 is 31.7. The second-order valence-electron chi connectivity index (χ2n) is 18.2. The molecule has 0 amide bonds. The third-order valence-corrected chi connectivity index (χ3v) is 11.9. The summed E-state index contributed by atoms with van der Waals surface area (Å²) in [4.78, 5) is 14.6. The van der Waals surface area contributed by atoms with Crippen LogP contribution in [0.1, 0.15) is 245 Å². The summed E-state index contributed by atoms with van der Waals surface area (Å²) >= 11 is 0. The van der Waals surface area contributed by atoms with Crippen LogP contribution in [0.5, 0.6) is 0 Å². The molecule has 7 heteroatoms. The number of ether oxygens (including phenoxy) is 5. The van der Waals surface area contributed by atoms with Crippen LogP contribution in [0.25, 0.3) is 0 Å². The highest BCUT2D eigenvalue weighted by molar-refractivity contribution is 5.69. The third kappa shape index (κ3) is 28.0. The van der Waals surface area contributed by atoms with Gasteiger partial charge in [0, 0.05) is 6.54 Å². The Morgan fingerprint density at radius 2 is 0.947 bits per heavy atom. The van der Waals surface area contributed by atoms with Gasteiger partial charge in [-0.25, -0.2) is 0 Å². The van der Waals surface area contributed by atoms with Crippen molar-refractivity contribution in [2.24, 2.45) is 0 Å². The first-order chi connectivity index (χ1) is 27.9. The summed E-state index contributed by atoms with van der Waals surface area (Å²) in [6.45, 7) is 8.50. The van der Waals surface area contributed by atoms with Gasteiger partial charge in [-0.1, -0.05) is 206 Å². The lowest BCUT2D eigenvalue weighted by Crippen LogP contribution is -2.37. The number of unbranched alkanes of at least 4 members (excludes halogenated alkanes) is 30. The minimum absolute atomic E-state index is 0.0873. The number of hydrogen-bond donors (Lipinski definition) is 0. The monoisotopic (exact) mass is 806 g/mol. The fraction of sp³-hybridized carbons (Fsp3) is 0.940. The van der Waals surface area contributed by atoms with Gasteiger partial charge in [-0.05, 0) is 46.7 Å². The van der Waals surface area contributed by atoms with Crippen LogP contribution in [-0.4, -0.2) is 69.3 Å². The molecule has 1 saturated carbocycles. The summed E-state index contributed by atoms with van der Waals surface area (Å²) in [5.41, 5.74) is -0.938. The first-order valence-electron chi connectivity index (χ1n) is 25.0. The lowest BCUT2D eigenvalue weighted by molar-refractivity contribution is -0.195. The number of nitrogens with zero attached hydrogens (tertiary/aromatic N) is 1. The summed E-state index contributed by atoms with van der Waals surface area (Å²) in [5, 5.41) is 0. The van der Waals surface area contributed by atoms with E-state index in [1.54, 1.807) is 0 Å². The topological polar surface area (TPSA) is 66.5 Å². The molecule has 0 aromatic heterocycles. The summed E-state index contributed by atoms with van der Waals surface area (Å²) in [5.74, 6) is 1.09. The van der Waals surface area contributed by atoms with Crippen LogP contribution < -0.4 is 0 Å². The van der Waals surface area contributed by atoms with Crippen LogP contribution in [0.3, 0.4) is 0 Å². The van der Waals surface area contributed by atoms with Crippen molar-refractivity contribution in [1.82, 2.24) is 4.90 Å². The SMILES string of the molecule is CCCCCCCCCCCCCCCCCCOC1=C(OCCCCCCCCCCCCCCCCCC)C(C)(COC(=O)CCN(C)C)O[C@H]1OC1CC1. The Morgan fingerprint density at radius 3 is 1.32 bits per heavy atom. The van der Waals surface area contributed by atoms with Gasteiger partial charge in [0.25, 0.3) is 0 Å².